The summed E-state index contributed by atoms with van der Waals surface area (Å²) in [5.41, 5.74) is 3.47. The van der Waals surface area contributed by atoms with Crippen molar-refractivity contribution in [2.24, 2.45) is 0 Å². The van der Waals surface area contributed by atoms with Crippen molar-refractivity contribution < 1.29 is 14.3 Å². The van der Waals surface area contributed by atoms with E-state index in [1.54, 1.807) is 7.11 Å². The fourth-order valence-corrected chi connectivity index (χ4v) is 3.74. The Morgan fingerprint density at radius 2 is 1.96 bits per heavy atom. The molecule has 2 aliphatic rings. The molecule has 0 aliphatic carbocycles. The van der Waals surface area contributed by atoms with E-state index in [-0.39, 0.29) is 5.91 Å². The number of nitrogens with zero attached hydrogens (tertiary/aromatic N) is 4. The summed E-state index contributed by atoms with van der Waals surface area (Å²) in [4.78, 5) is 17.4. The zero-order valence-corrected chi connectivity index (χ0v) is 16.0. The zero-order valence-electron chi connectivity index (χ0n) is 16.0. The number of carbonyl (C=O) groups excluding carboxylic acids is 1. The van der Waals surface area contributed by atoms with Crippen LogP contribution in [0.3, 0.4) is 0 Å². The molecule has 7 heteroatoms. The van der Waals surface area contributed by atoms with Crippen LogP contribution < -0.4 is 4.74 Å². The predicted octanol–water partition coefficient (Wildman–Crippen LogP) is 1.73. The third-order valence-corrected chi connectivity index (χ3v) is 5.35. The van der Waals surface area contributed by atoms with E-state index >= 15 is 0 Å². The van der Waals surface area contributed by atoms with Gasteiger partial charge in [0, 0.05) is 31.6 Å². The van der Waals surface area contributed by atoms with Gasteiger partial charge in [-0.2, -0.15) is 5.10 Å². The maximum atomic E-state index is 13.2. The minimum atomic E-state index is 0.0133. The van der Waals surface area contributed by atoms with Crippen LogP contribution in [-0.4, -0.2) is 72.4 Å². The highest BCUT2D eigenvalue weighted by molar-refractivity contribution is 5.94. The second-order valence-electron chi connectivity index (χ2n) is 7.14. The maximum absolute atomic E-state index is 13.2. The van der Waals surface area contributed by atoms with Gasteiger partial charge in [-0.15, -0.1) is 0 Å². The van der Waals surface area contributed by atoms with Gasteiger partial charge in [-0.25, -0.2) is 4.68 Å². The monoisotopic (exact) mass is 370 g/mol. The van der Waals surface area contributed by atoms with Gasteiger partial charge in [-0.1, -0.05) is 0 Å². The number of likely N-dealkylation sites (N-methyl/N-ethyl adjacent to an activating group) is 1. The molecule has 4 rings (SSSR count). The summed E-state index contributed by atoms with van der Waals surface area (Å²) in [6, 6.07) is 7.76. The Kier molecular flexibility index (Phi) is 5.13. The molecule has 0 bridgehead atoms. The molecule has 27 heavy (non-hydrogen) atoms. The Morgan fingerprint density at radius 3 is 2.74 bits per heavy atom. The highest BCUT2D eigenvalue weighted by Gasteiger charge is 2.29. The van der Waals surface area contributed by atoms with Gasteiger partial charge in [0.1, 0.15) is 5.75 Å². The standard InChI is InChI=1S/C20H26N4O3/c1-22-9-3-10-23(12-11-22)20(25)19-17-14-27-13-8-18(17)24(21-19)15-4-6-16(26-2)7-5-15/h4-7H,3,8-14H2,1-2H3. The quantitative estimate of drug-likeness (QED) is 0.824. The lowest BCUT2D eigenvalue weighted by molar-refractivity contribution is 0.0743. The van der Waals surface area contributed by atoms with E-state index in [2.05, 4.69) is 11.9 Å². The van der Waals surface area contributed by atoms with Gasteiger partial charge in [-0.3, -0.25) is 4.79 Å². The number of hydrogen-bond donors (Lipinski definition) is 0. The molecule has 1 aromatic heterocycles. The first-order valence-electron chi connectivity index (χ1n) is 9.48. The van der Waals surface area contributed by atoms with Crippen LogP contribution in [0.4, 0.5) is 0 Å². The molecule has 0 N–H and O–H groups in total. The van der Waals surface area contributed by atoms with Crippen molar-refractivity contribution in [1.29, 1.82) is 0 Å². The molecule has 0 spiro atoms. The van der Waals surface area contributed by atoms with Gasteiger partial charge in [0.05, 0.1) is 31.7 Å². The second-order valence-corrected chi connectivity index (χ2v) is 7.14. The summed E-state index contributed by atoms with van der Waals surface area (Å²) in [6.07, 6.45) is 1.74. The Bertz CT molecular complexity index is 815. The summed E-state index contributed by atoms with van der Waals surface area (Å²) in [6.45, 7) is 4.51. The molecule has 3 heterocycles. The first kappa shape index (κ1) is 18.0. The van der Waals surface area contributed by atoms with Crippen molar-refractivity contribution >= 4 is 5.91 Å². The highest BCUT2D eigenvalue weighted by atomic mass is 16.5. The van der Waals surface area contributed by atoms with Crippen molar-refractivity contribution in [3.63, 3.8) is 0 Å². The molecule has 0 atom stereocenters. The number of fused-ring (bicyclic) bond motifs is 1. The normalized spacial score (nSPS) is 18.1. The fraction of sp³-hybridized carbons (Fsp3) is 0.500. The van der Waals surface area contributed by atoms with Gasteiger partial charge in [0.25, 0.3) is 5.91 Å². The third-order valence-electron chi connectivity index (χ3n) is 5.35. The van der Waals surface area contributed by atoms with Crippen molar-refractivity contribution in [2.75, 3.05) is 46.9 Å². The number of benzene rings is 1. The Morgan fingerprint density at radius 1 is 1.15 bits per heavy atom. The highest BCUT2D eigenvalue weighted by Crippen LogP contribution is 2.26. The molecular formula is C20H26N4O3. The van der Waals surface area contributed by atoms with Gasteiger partial charge in [0.15, 0.2) is 5.69 Å². The summed E-state index contributed by atoms with van der Waals surface area (Å²) in [7, 11) is 3.75. The number of carbonyl (C=O) groups is 1. The van der Waals surface area contributed by atoms with E-state index in [1.807, 2.05) is 33.8 Å². The summed E-state index contributed by atoms with van der Waals surface area (Å²) in [5, 5.41) is 4.73. The first-order chi connectivity index (χ1) is 13.2. The van der Waals surface area contributed by atoms with Crippen molar-refractivity contribution in [2.45, 2.75) is 19.4 Å². The lowest BCUT2D eigenvalue weighted by atomic mass is 10.1. The van der Waals surface area contributed by atoms with E-state index in [9.17, 15) is 4.79 Å². The van der Waals surface area contributed by atoms with E-state index in [1.165, 1.54) is 0 Å². The van der Waals surface area contributed by atoms with Crippen LogP contribution in [-0.2, 0) is 17.8 Å². The molecule has 144 valence electrons. The molecule has 0 unspecified atom stereocenters. The van der Waals surface area contributed by atoms with Crippen molar-refractivity contribution in [1.82, 2.24) is 19.6 Å². The van der Waals surface area contributed by atoms with Gasteiger partial charge in [0.2, 0.25) is 0 Å². The molecule has 1 amide bonds. The molecular weight excluding hydrogens is 344 g/mol. The van der Waals surface area contributed by atoms with Crippen LogP contribution >= 0.6 is 0 Å². The van der Waals surface area contributed by atoms with Crippen LogP contribution in [0.5, 0.6) is 5.75 Å². The molecule has 2 aliphatic heterocycles. The largest absolute Gasteiger partial charge is 0.497 e. The second kappa shape index (κ2) is 7.70. The first-order valence-corrected chi connectivity index (χ1v) is 9.48. The summed E-state index contributed by atoms with van der Waals surface area (Å²) >= 11 is 0. The lowest BCUT2D eigenvalue weighted by Crippen LogP contribution is -2.35. The number of aromatic nitrogens is 2. The lowest BCUT2D eigenvalue weighted by Gasteiger charge is -2.20. The maximum Gasteiger partial charge on any atom is 0.274 e. The summed E-state index contributed by atoms with van der Waals surface area (Å²) in [5.74, 6) is 0.812. The van der Waals surface area contributed by atoms with Crippen LogP contribution in [0, 0.1) is 0 Å². The topological polar surface area (TPSA) is 59.8 Å². The molecule has 1 fully saturated rings. The molecule has 2 aromatic rings. The third kappa shape index (κ3) is 3.57. The fourth-order valence-electron chi connectivity index (χ4n) is 3.74. The van der Waals surface area contributed by atoms with Gasteiger partial charge in [-0.05, 0) is 44.3 Å². The predicted molar refractivity (Wildman–Crippen MR) is 101 cm³/mol. The van der Waals surface area contributed by atoms with Gasteiger partial charge >= 0.3 is 0 Å². The minimum absolute atomic E-state index is 0.0133. The molecule has 1 saturated heterocycles. The average molecular weight is 370 g/mol. The zero-order chi connectivity index (χ0) is 18.8. The van der Waals surface area contributed by atoms with Crippen LogP contribution in [0.2, 0.25) is 0 Å². The molecule has 0 radical (unpaired) electrons. The smallest absolute Gasteiger partial charge is 0.274 e. The number of methoxy groups -OCH3 is 1. The number of rotatable bonds is 3. The van der Waals surface area contributed by atoms with Gasteiger partial charge < -0.3 is 19.3 Å². The number of hydrogen-bond acceptors (Lipinski definition) is 5. The SMILES string of the molecule is COc1ccc(-n2nc(C(=O)N3CCCN(C)CC3)c3c2CCOC3)cc1. The average Bonchev–Trinajstić information content (AvgIpc) is 2.96. The van der Waals surface area contributed by atoms with E-state index in [4.69, 9.17) is 14.6 Å². The van der Waals surface area contributed by atoms with Crippen LogP contribution in [0.25, 0.3) is 5.69 Å². The van der Waals surface area contributed by atoms with Crippen molar-refractivity contribution in [3.8, 4) is 11.4 Å². The van der Waals surface area contributed by atoms with Crippen molar-refractivity contribution in [3.05, 3.63) is 41.2 Å². The Hall–Kier alpha value is -2.38. The Labute approximate surface area is 159 Å². The van der Waals surface area contributed by atoms with Crippen LogP contribution in [0.15, 0.2) is 24.3 Å². The summed E-state index contributed by atoms with van der Waals surface area (Å²) < 4.78 is 12.8. The molecule has 1 aromatic carbocycles. The van der Waals surface area contributed by atoms with Crippen LogP contribution in [0.1, 0.15) is 28.2 Å². The molecule has 0 saturated carbocycles. The number of amides is 1. The van der Waals surface area contributed by atoms with E-state index in [0.717, 1.165) is 61.7 Å². The molecule has 7 nitrogen and oxygen atoms in total. The minimum Gasteiger partial charge on any atom is -0.497 e. The van der Waals surface area contributed by atoms with E-state index in [0.29, 0.717) is 18.9 Å². The Balaban J connectivity index is 1.68. The van der Waals surface area contributed by atoms with E-state index < -0.39 is 0 Å². The number of ether oxygens (including phenoxy) is 2.